The summed E-state index contributed by atoms with van der Waals surface area (Å²) in [4.78, 5) is 15.4. The quantitative estimate of drug-likeness (QED) is 0.796. The van der Waals surface area contributed by atoms with Gasteiger partial charge in [-0.2, -0.15) is 0 Å². The van der Waals surface area contributed by atoms with Crippen LogP contribution >= 0.6 is 11.6 Å². The topological polar surface area (TPSA) is 54.0 Å². The normalized spacial score (nSPS) is 12.2. The van der Waals surface area contributed by atoms with Crippen LogP contribution in [0.2, 0.25) is 5.02 Å². The first-order valence-electron chi connectivity index (χ1n) is 4.23. The molecule has 0 aliphatic carbocycles. The van der Waals surface area contributed by atoms with Crippen molar-refractivity contribution in [2.75, 3.05) is 12.4 Å². The van der Waals surface area contributed by atoms with Crippen LogP contribution in [-0.4, -0.2) is 24.0 Å². The van der Waals surface area contributed by atoms with Gasteiger partial charge in [-0.15, -0.1) is 0 Å². The lowest BCUT2D eigenvalue weighted by Crippen LogP contribution is -2.35. The molecule has 0 aliphatic rings. The summed E-state index contributed by atoms with van der Waals surface area (Å²) < 4.78 is 0. The number of hydrogen-bond donors (Lipinski definition) is 2. The summed E-state index contributed by atoms with van der Waals surface area (Å²) in [6.07, 6.45) is 1.57. The summed E-state index contributed by atoms with van der Waals surface area (Å²) in [6, 6.07) is 3.11. The van der Waals surface area contributed by atoms with E-state index >= 15 is 0 Å². The van der Waals surface area contributed by atoms with Crippen molar-refractivity contribution in [3.63, 3.8) is 0 Å². The molecular formula is C9H12ClN3O. The number of carbonyl (C=O) groups is 1. The van der Waals surface area contributed by atoms with Gasteiger partial charge in [0.2, 0.25) is 5.91 Å². The molecule has 2 N–H and O–H groups in total. The van der Waals surface area contributed by atoms with Crippen LogP contribution in [0.4, 0.5) is 5.82 Å². The average Bonchev–Trinajstić information content (AvgIpc) is 2.20. The van der Waals surface area contributed by atoms with Gasteiger partial charge in [0.1, 0.15) is 0 Å². The Kier molecular flexibility index (Phi) is 3.85. The van der Waals surface area contributed by atoms with Gasteiger partial charge in [-0.1, -0.05) is 11.6 Å². The lowest BCUT2D eigenvalue weighted by Gasteiger charge is -2.10. The van der Waals surface area contributed by atoms with Crippen LogP contribution in [0.1, 0.15) is 6.92 Å². The largest absolute Gasteiger partial charge is 0.309 e. The molecule has 0 aliphatic heterocycles. The maximum absolute atomic E-state index is 11.4. The smallest absolute Gasteiger partial charge is 0.242 e. The highest BCUT2D eigenvalue weighted by molar-refractivity contribution is 6.33. The molecule has 1 amide bonds. The van der Waals surface area contributed by atoms with Gasteiger partial charge < -0.3 is 10.6 Å². The van der Waals surface area contributed by atoms with Crippen LogP contribution in [0.5, 0.6) is 0 Å². The van der Waals surface area contributed by atoms with Gasteiger partial charge in [-0.05, 0) is 26.1 Å². The molecule has 1 aromatic rings. The van der Waals surface area contributed by atoms with Crippen molar-refractivity contribution in [2.24, 2.45) is 0 Å². The number of pyridine rings is 1. The first kappa shape index (κ1) is 10.9. The van der Waals surface area contributed by atoms with E-state index in [2.05, 4.69) is 15.6 Å². The third-order valence-corrected chi connectivity index (χ3v) is 2.13. The molecule has 14 heavy (non-hydrogen) atoms. The number of rotatable bonds is 3. The average molecular weight is 214 g/mol. The number of hydrogen-bond acceptors (Lipinski definition) is 3. The lowest BCUT2D eigenvalue weighted by molar-refractivity contribution is -0.117. The Labute approximate surface area is 87.7 Å². The Morgan fingerprint density at radius 1 is 1.64 bits per heavy atom. The fraction of sp³-hybridized carbons (Fsp3) is 0.333. The summed E-state index contributed by atoms with van der Waals surface area (Å²) in [5.74, 6) is 0.231. The van der Waals surface area contributed by atoms with Crippen molar-refractivity contribution in [1.29, 1.82) is 0 Å². The number of halogens is 1. The van der Waals surface area contributed by atoms with Crippen molar-refractivity contribution in [2.45, 2.75) is 13.0 Å². The molecule has 5 heteroatoms. The number of aromatic nitrogens is 1. The minimum absolute atomic E-state index is 0.159. The highest BCUT2D eigenvalue weighted by atomic mass is 35.5. The Morgan fingerprint density at radius 3 is 2.93 bits per heavy atom. The van der Waals surface area contributed by atoms with Crippen molar-refractivity contribution in [3.8, 4) is 0 Å². The zero-order valence-electron chi connectivity index (χ0n) is 8.04. The minimum atomic E-state index is -0.270. The van der Waals surface area contributed by atoms with Gasteiger partial charge in [0.15, 0.2) is 5.82 Å². The molecule has 0 aromatic carbocycles. The second-order valence-electron chi connectivity index (χ2n) is 2.83. The summed E-state index contributed by atoms with van der Waals surface area (Å²) in [5, 5.41) is 5.87. The van der Waals surface area contributed by atoms with Crippen molar-refractivity contribution in [1.82, 2.24) is 10.3 Å². The second kappa shape index (κ2) is 4.93. The highest BCUT2D eigenvalue weighted by Crippen LogP contribution is 2.17. The number of likely N-dealkylation sites (N-methyl/N-ethyl adjacent to an activating group) is 1. The third kappa shape index (κ3) is 2.68. The summed E-state index contributed by atoms with van der Waals surface area (Å²) >= 11 is 5.82. The van der Waals surface area contributed by atoms with Gasteiger partial charge in [-0.25, -0.2) is 4.98 Å². The second-order valence-corrected chi connectivity index (χ2v) is 3.24. The zero-order valence-corrected chi connectivity index (χ0v) is 8.80. The maximum Gasteiger partial charge on any atom is 0.242 e. The molecule has 0 radical (unpaired) electrons. The van der Waals surface area contributed by atoms with Crippen LogP contribution < -0.4 is 10.6 Å². The number of amides is 1. The van der Waals surface area contributed by atoms with Crippen molar-refractivity contribution >= 4 is 23.3 Å². The maximum atomic E-state index is 11.4. The van der Waals surface area contributed by atoms with E-state index in [1.54, 1.807) is 32.3 Å². The van der Waals surface area contributed by atoms with E-state index in [0.29, 0.717) is 10.8 Å². The van der Waals surface area contributed by atoms with E-state index in [1.165, 1.54) is 0 Å². The molecule has 0 bridgehead atoms. The number of nitrogens with one attached hydrogen (secondary N) is 2. The van der Waals surface area contributed by atoms with E-state index in [0.717, 1.165) is 0 Å². The number of anilines is 1. The van der Waals surface area contributed by atoms with Gasteiger partial charge >= 0.3 is 0 Å². The van der Waals surface area contributed by atoms with Crippen molar-refractivity contribution in [3.05, 3.63) is 23.4 Å². The van der Waals surface area contributed by atoms with E-state index in [-0.39, 0.29) is 11.9 Å². The summed E-state index contributed by atoms with van der Waals surface area (Å²) in [7, 11) is 1.71. The van der Waals surface area contributed by atoms with E-state index in [9.17, 15) is 4.79 Å². The van der Waals surface area contributed by atoms with Gasteiger partial charge in [0, 0.05) is 6.20 Å². The molecule has 0 saturated heterocycles. The lowest BCUT2D eigenvalue weighted by atomic mass is 10.3. The molecule has 4 nitrogen and oxygen atoms in total. The van der Waals surface area contributed by atoms with E-state index in [4.69, 9.17) is 11.6 Å². The summed E-state index contributed by atoms with van der Waals surface area (Å²) in [5.41, 5.74) is 0. The molecule has 0 spiro atoms. The van der Waals surface area contributed by atoms with Gasteiger partial charge in [0.05, 0.1) is 11.1 Å². The van der Waals surface area contributed by atoms with Gasteiger partial charge in [-0.3, -0.25) is 4.79 Å². The molecule has 1 aromatic heterocycles. The van der Waals surface area contributed by atoms with Crippen LogP contribution in [-0.2, 0) is 4.79 Å². The molecule has 1 heterocycles. The zero-order chi connectivity index (χ0) is 10.6. The number of carbonyl (C=O) groups excluding carboxylic acids is 1. The van der Waals surface area contributed by atoms with Gasteiger partial charge in [0.25, 0.3) is 0 Å². The Balaban J connectivity index is 2.70. The first-order chi connectivity index (χ1) is 6.65. The summed E-state index contributed by atoms with van der Waals surface area (Å²) in [6.45, 7) is 1.76. The molecule has 0 unspecified atom stereocenters. The molecule has 0 fully saturated rings. The Hall–Kier alpha value is -1.13. The first-order valence-corrected chi connectivity index (χ1v) is 4.61. The predicted octanol–water partition coefficient (Wildman–Crippen LogP) is 1.28. The minimum Gasteiger partial charge on any atom is -0.309 e. The molecular weight excluding hydrogens is 202 g/mol. The third-order valence-electron chi connectivity index (χ3n) is 1.83. The SMILES string of the molecule is CN[C@@H](C)C(=O)Nc1ncccc1Cl. The van der Waals surface area contributed by atoms with Crippen LogP contribution in [0.3, 0.4) is 0 Å². The van der Waals surface area contributed by atoms with Crippen molar-refractivity contribution < 1.29 is 4.79 Å². The van der Waals surface area contributed by atoms with Crippen LogP contribution in [0.15, 0.2) is 18.3 Å². The molecule has 0 saturated carbocycles. The predicted molar refractivity (Wildman–Crippen MR) is 56.4 cm³/mol. The van der Waals surface area contributed by atoms with Crippen LogP contribution in [0, 0.1) is 0 Å². The van der Waals surface area contributed by atoms with E-state index < -0.39 is 0 Å². The Morgan fingerprint density at radius 2 is 2.36 bits per heavy atom. The molecule has 1 atom stereocenters. The monoisotopic (exact) mass is 213 g/mol. The molecule has 1 rings (SSSR count). The van der Waals surface area contributed by atoms with Crippen LogP contribution in [0.25, 0.3) is 0 Å². The molecule has 76 valence electrons. The fourth-order valence-corrected chi connectivity index (χ4v) is 1.00. The standard InChI is InChI=1S/C9H12ClN3O/c1-6(11-2)9(14)13-8-7(10)4-3-5-12-8/h3-6,11H,1-2H3,(H,12,13,14)/t6-/m0/s1. The fourth-order valence-electron chi connectivity index (χ4n) is 0.834. The number of nitrogens with zero attached hydrogens (tertiary/aromatic N) is 1. The Bertz CT molecular complexity index is 330. The highest BCUT2D eigenvalue weighted by Gasteiger charge is 2.11. The van der Waals surface area contributed by atoms with E-state index in [1.807, 2.05) is 0 Å².